The first-order valence-electron chi connectivity index (χ1n) is 5.60. The summed E-state index contributed by atoms with van der Waals surface area (Å²) in [6.45, 7) is 0.741. The molecular weight excluding hydrogens is 204 g/mol. The molecule has 3 rings (SSSR count). The maximum Gasteiger partial charge on any atom is 0.326 e. The van der Waals surface area contributed by atoms with Crippen molar-refractivity contribution in [3.8, 4) is 0 Å². The van der Waals surface area contributed by atoms with Gasteiger partial charge >= 0.3 is 5.97 Å². The fourth-order valence-electron chi connectivity index (χ4n) is 2.70. The summed E-state index contributed by atoms with van der Waals surface area (Å²) >= 11 is 0. The number of rotatable bonds is 1. The van der Waals surface area contributed by atoms with Crippen molar-refractivity contribution in [1.82, 2.24) is 10.6 Å². The van der Waals surface area contributed by atoms with Gasteiger partial charge in [0, 0.05) is 12.2 Å². The van der Waals surface area contributed by atoms with Crippen LogP contribution in [0.25, 0.3) is 0 Å². The van der Waals surface area contributed by atoms with E-state index in [9.17, 15) is 4.79 Å². The Morgan fingerprint density at radius 2 is 2.38 bits per heavy atom. The quantitative estimate of drug-likeness (QED) is 0.601. The van der Waals surface area contributed by atoms with Gasteiger partial charge < -0.3 is 10.4 Å². The lowest BCUT2D eigenvalue weighted by Crippen LogP contribution is -2.45. The normalized spacial score (nSPS) is 31.6. The predicted octanol–water partition coefficient (Wildman–Crippen LogP) is 0.545. The minimum absolute atomic E-state index is 0.289. The molecular formula is C12H14N2O2. The Morgan fingerprint density at radius 1 is 1.50 bits per heavy atom. The van der Waals surface area contributed by atoms with Crippen LogP contribution in [0.2, 0.25) is 0 Å². The second-order valence-corrected chi connectivity index (χ2v) is 4.35. The Labute approximate surface area is 93.7 Å². The van der Waals surface area contributed by atoms with Crippen LogP contribution >= 0.6 is 0 Å². The largest absolute Gasteiger partial charge is 0.480 e. The minimum atomic E-state index is -0.799. The van der Waals surface area contributed by atoms with E-state index in [4.69, 9.17) is 5.11 Å². The van der Waals surface area contributed by atoms with Gasteiger partial charge in [-0.15, -0.1) is 0 Å². The minimum Gasteiger partial charge on any atom is -0.480 e. The molecule has 4 heteroatoms. The molecule has 2 heterocycles. The van der Waals surface area contributed by atoms with Gasteiger partial charge in [-0.05, 0) is 24.0 Å². The number of carbonyl (C=O) groups is 1. The van der Waals surface area contributed by atoms with Gasteiger partial charge in [0.15, 0.2) is 0 Å². The predicted molar refractivity (Wildman–Crippen MR) is 59.8 cm³/mol. The molecule has 0 aromatic heterocycles. The van der Waals surface area contributed by atoms with Crippen LogP contribution in [0.15, 0.2) is 35.1 Å². The van der Waals surface area contributed by atoms with Gasteiger partial charge in [-0.2, -0.15) is 0 Å². The zero-order valence-corrected chi connectivity index (χ0v) is 8.86. The Kier molecular flexibility index (Phi) is 2.11. The Bertz CT molecular complexity index is 434. The number of hydrogen-bond acceptors (Lipinski definition) is 3. The molecule has 2 unspecified atom stereocenters. The summed E-state index contributed by atoms with van der Waals surface area (Å²) in [5.74, 6) is -0.799. The van der Waals surface area contributed by atoms with Crippen molar-refractivity contribution in [3.63, 3.8) is 0 Å². The molecule has 0 radical (unpaired) electrons. The van der Waals surface area contributed by atoms with E-state index in [0.29, 0.717) is 0 Å². The molecule has 0 saturated carbocycles. The van der Waals surface area contributed by atoms with E-state index in [1.807, 2.05) is 0 Å². The van der Waals surface area contributed by atoms with Crippen molar-refractivity contribution < 1.29 is 9.90 Å². The zero-order chi connectivity index (χ0) is 11.1. The van der Waals surface area contributed by atoms with Crippen molar-refractivity contribution in [3.05, 3.63) is 35.1 Å². The molecule has 1 aliphatic carbocycles. The summed E-state index contributed by atoms with van der Waals surface area (Å²) in [6, 6.07) is -0.271. The number of fused-ring (bicyclic) bond motifs is 2. The maximum atomic E-state index is 11.1. The molecule has 0 spiro atoms. The van der Waals surface area contributed by atoms with E-state index in [1.165, 1.54) is 11.1 Å². The highest BCUT2D eigenvalue weighted by atomic mass is 16.4. The van der Waals surface area contributed by atoms with Crippen LogP contribution in [0, 0.1) is 0 Å². The third kappa shape index (κ3) is 1.30. The third-order valence-corrected chi connectivity index (χ3v) is 3.42. The van der Waals surface area contributed by atoms with Gasteiger partial charge in [-0.1, -0.05) is 18.2 Å². The second-order valence-electron chi connectivity index (χ2n) is 4.35. The molecule has 0 saturated heterocycles. The van der Waals surface area contributed by atoms with E-state index in [2.05, 4.69) is 28.9 Å². The van der Waals surface area contributed by atoms with E-state index >= 15 is 0 Å². The average Bonchev–Trinajstić information content (AvgIpc) is 2.67. The average molecular weight is 218 g/mol. The van der Waals surface area contributed by atoms with E-state index in [0.717, 1.165) is 25.1 Å². The Balaban J connectivity index is 2.01. The lowest BCUT2D eigenvalue weighted by atomic mass is 9.91. The second kappa shape index (κ2) is 3.49. The summed E-state index contributed by atoms with van der Waals surface area (Å²) in [5, 5.41) is 15.5. The van der Waals surface area contributed by atoms with Gasteiger partial charge in [-0.25, -0.2) is 0 Å². The fraction of sp³-hybridized carbons (Fsp3) is 0.417. The highest BCUT2D eigenvalue weighted by molar-refractivity contribution is 5.79. The summed E-state index contributed by atoms with van der Waals surface area (Å²) < 4.78 is 0. The monoisotopic (exact) mass is 218 g/mol. The fourth-order valence-corrected chi connectivity index (χ4v) is 2.70. The number of hydrogen-bond donors (Lipinski definition) is 3. The van der Waals surface area contributed by atoms with E-state index in [1.54, 1.807) is 0 Å². The topological polar surface area (TPSA) is 61.4 Å². The molecule has 3 N–H and O–H groups in total. The Hall–Kier alpha value is -1.55. The van der Waals surface area contributed by atoms with Gasteiger partial charge in [0.25, 0.3) is 0 Å². The first kappa shape index (κ1) is 9.66. The van der Waals surface area contributed by atoms with Crippen molar-refractivity contribution in [1.29, 1.82) is 0 Å². The van der Waals surface area contributed by atoms with Crippen LogP contribution in [0.1, 0.15) is 12.8 Å². The number of allylic oxidation sites excluding steroid dienone is 2. The number of aliphatic carboxylic acids is 1. The SMILES string of the molecule is O=C(O)C1NCCC2=C1NC1CC=CC=C21. The van der Waals surface area contributed by atoms with Crippen LogP contribution in [0.3, 0.4) is 0 Å². The van der Waals surface area contributed by atoms with Crippen molar-refractivity contribution >= 4 is 5.97 Å². The highest BCUT2D eigenvalue weighted by Crippen LogP contribution is 2.34. The van der Waals surface area contributed by atoms with Gasteiger partial charge in [0.1, 0.15) is 6.04 Å². The van der Waals surface area contributed by atoms with Crippen LogP contribution in [0.4, 0.5) is 0 Å². The van der Waals surface area contributed by atoms with Crippen LogP contribution < -0.4 is 10.6 Å². The van der Waals surface area contributed by atoms with E-state index < -0.39 is 12.0 Å². The Morgan fingerprint density at radius 3 is 3.19 bits per heavy atom. The van der Waals surface area contributed by atoms with Crippen molar-refractivity contribution in [2.45, 2.75) is 24.9 Å². The van der Waals surface area contributed by atoms with E-state index in [-0.39, 0.29) is 6.04 Å². The van der Waals surface area contributed by atoms with Gasteiger partial charge in [0.05, 0.1) is 6.04 Å². The summed E-state index contributed by atoms with van der Waals surface area (Å²) in [7, 11) is 0. The molecule has 0 bridgehead atoms. The van der Waals surface area contributed by atoms with Crippen LogP contribution in [-0.2, 0) is 4.79 Å². The lowest BCUT2D eigenvalue weighted by molar-refractivity contribution is -0.138. The van der Waals surface area contributed by atoms with Crippen molar-refractivity contribution in [2.24, 2.45) is 0 Å². The third-order valence-electron chi connectivity index (χ3n) is 3.42. The molecule has 2 atom stereocenters. The first-order chi connectivity index (χ1) is 7.77. The molecule has 16 heavy (non-hydrogen) atoms. The smallest absolute Gasteiger partial charge is 0.326 e. The molecule has 0 aromatic rings. The molecule has 84 valence electrons. The summed E-state index contributed by atoms with van der Waals surface area (Å²) in [4.78, 5) is 11.1. The zero-order valence-electron chi connectivity index (χ0n) is 8.86. The molecule has 0 fully saturated rings. The summed E-state index contributed by atoms with van der Waals surface area (Å²) in [6.07, 6.45) is 8.14. The molecule has 0 aromatic carbocycles. The van der Waals surface area contributed by atoms with Crippen molar-refractivity contribution in [2.75, 3.05) is 6.54 Å². The number of carboxylic acids is 1. The molecule has 0 amide bonds. The summed E-state index contributed by atoms with van der Waals surface area (Å²) in [5.41, 5.74) is 3.37. The highest BCUT2D eigenvalue weighted by Gasteiger charge is 2.37. The van der Waals surface area contributed by atoms with Gasteiger partial charge in [-0.3, -0.25) is 10.1 Å². The lowest BCUT2D eigenvalue weighted by Gasteiger charge is -2.22. The molecule has 3 aliphatic rings. The van der Waals surface area contributed by atoms with Gasteiger partial charge in [0.2, 0.25) is 0 Å². The molecule has 2 aliphatic heterocycles. The van der Waals surface area contributed by atoms with Crippen LogP contribution in [0.5, 0.6) is 0 Å². The standard InChI is InChI=1S/C12H14N2O2/c15-12(16)11-10-8(5-6-13-11)7-3-1-2-4-9(7)14-10/h1-3,9,11,13-14H,4-6H2,(H,15,16). The first-order valence-corrected chi connectivity index (χ1v) is 5.60. The van der Waals surface area contributed by atoms with Crippen LogP contribution in [-0.4, -0.2) is 29.7 Å². The number of carboxylic acid groups (broad SMARTS) is 1. The number of nitrogens with one attached hydrogen (secondary N) is 2. The molecule has 4 nitrogen and oxygen atoms in total. The maximum absolute atomic E-state index is 11.1.